The van der Waals surface area contributed by atoms with Crippen LogP contribution in [0.25, 0.3) is 11.3 Å². The van der Waals surface area contributed by atoms with Crippen molar-refractivity contribution in [2.45, 2.75) is 26.3 Å². The Morgan fingerprint density at radius 3 is 2.57 bits per heavy atom. The van der Waals surface area contributed by atoms with Crippen molar-refractivity contribution in [3.63, 3.8) is 0 Å². The van der Waals surface area contributed by atoms with Gasteiger partial charge in [0.25, 0.3) is 5.91 Å². The fraction of sp³-hybridized carbons (Fsp3) is 0.353. The van der Waals surface area contributed by atoms with Crippen LogP contribution in [-0.2, 0) is 9.53 Å². The van der Waals surface area contributed by atoms with E-state index in [4.69, 9.17) is 4.74 Å². The molecular weight excluding hydrogens is 294 g/mol. The standard InChI is InChI=1S/C17H21N3O3/c1-11(2)9-15(17(22)23-3)18-16(21)14-10-13(19-20-14)12-7-5-4-6-8-12/h4-8,10-11,15H,9H2,1-3H3,(H,18,21)(H,19,20). The summed E-state index contributed by atoms with van der Waals surface area (Å²) in [6.45, 7) is 3.96. The smallest absolute Gasteiger partial charge is 0.328 e. The van der Waals surface area contributed by atoms with Gasteiger partial charge in [0.1, 0.15) is 11.7 Å². The predicted molar refractivity (Wildman–Crippen MR) is 86.7 cm³/mol. The molecule has 1 heterocycles. The number of nitrogens with one attached hydrogen (secondary N) is 2. The van der Waals surface area contributed by atoms with Gasteiger partial charge in [0.05, 0.1) is 12.8 Å². The van der Waals surface area contributed by atoms with Crippen LogP contribution in [0.3, 0.4) is 0 Å². The third-order valence-electron chi connectivity index (χ3n) is 3.39. The maximum atomic E-state index is 12.3. The van der Waals surface area contributed by atoms with Crippen molar-refractivity contribution in [2.75, 3.05) is 7.11 Å². The Bertz CT molecular complexity index is 665. The fourth-order valence-electron chi connectivity index (χ4n) is 2.26. The Balaban J connectivity index is 2.11. The second-order valence-electron chi connectivity index (χ2n) is 5.71. The van der Waals surface area contributed by atoms with Crippen molar-refractivity contribution in [2.24, 2.45) is 5.92 Å². The largest absolute Gasteiger partial charge is 0.467 e. The molecule has 0 fully saturated rings. The Morgan fingerprint density at radius 2 is 1.96 bits per heavy atom. The van der Waals surface area contributed by atoms with Crippen molar-refractivity contribution in [3.8, 4) is 11.3 Å². The molecule has 122 valence electrons. The van der Waals surface area contributed by atoms with E-state index in [1.807, 2.05) is 44.2 Å². The van der Waals surface area contributed by atoms with E-state index in [0.717, 1.165) is 5.56 Å². The third kappa shape index (κ3) is 4.42. The van der Waals surface area contributed by atoms with Gasteiger partial charge in [-0.15, -0.1) is 0 Å². The first-order chi connectivity index (χ1) is 11.0. The van der Waals surface area contributed by atoms with Gasteiger partial charge in [-0.1, -0.05) is 44.2 Å². The topological polar surface area (TPSA) is 84.1 Å². The lowest BCUT2D eigenvalue weighted by molar-refractivity contribution is -0.143. The van der Waals surface area contributed by atoms with Crippen LogP contribution in [0.5, 0.6) is 0 Å². The minimum atomic E-state index is -0.670. The second kappa shape index (κ2) is 7.58. The summed E-state index contributed by atoms with van der Waals surface area (Å²) in [7, 11) is 1.31. The van der Waals surface area contributed by atoms with E-state index in [0.29, 0.717) is 17.8 Å². The summed E-state index contributed by atoms with van der Waals surface area (Å²) < 4.78 is 4.75. The molecule has 2 rings (SSSR count). The lowest BCUT2D eigenvalue weighted by Crippen LogP contribution is -2.42. The summed E-state index contributed by atoms with van der Waals surface area (Å²) in [5, 5.41) is 9.54. The first kappa shape index (κ1) is 16.7. The molecule has 0 spiro atoms. The van der Waals surface area contributed by atoms with Gasteiger partial charge >= 0.3 is 5.97 Å². The number of nitrogens with zero attached hydrogens (tertiary/aromatic N) is 1. The van der Waals surface area contributed by atoms with Crippen LogP contribution < -0.4 is 5.32 Å². The normalized spacial score (nSPS) is 12.0. The van der Waals surface area contributed by atoms with Gasteiger partial charge in [-0.25, -0.2) is 4.79 Å². The Hall–Kier alpha value is -2.63. The first-order valence-electron chi connectivity index (χ1n) is 7.50. The van der Waals surface area contributed by atoms with E-state index >= 15 is 0 Å². The molecule has 6 heteroatoms. The van der Waals surface area contributed by atoms with Crippen molar-refractivity contribution >= 4 is 11.9 Å². The molecule has 23 heavy (non-hydrogen) atoms. The molecule has 0 aliphatic heterocycles. The molecule has 0 saturated heterocycles. The molecule has 0 bridgehead atoms. The number of hydrogen-bond acceptors (Lipinski definition) is 4. The number of benzene rings is 1. The number of ether oxygens (including phenoxy) is 1. The molecule has 1 aromatic carbocycles. The number of methoxy groups -OCH3 is 1. The highest BCUT2D eigenvalue weighted by atomic mass is 16.5. The zero-order valence-corrected chi connectivity index (χ0v) is 13.5. The molecule has 0 radical (unpaired) electrons. The summed E-state index contributed by atoms with van der Waals surface area (Å²) in [6.07, 6.45) is 0.512. The lowest BCUT2D eigenvalue weighted by atomic mass is 10.0. The highest BCUT2D eigenvalue weighted by Gasteiger charge is 2.24. The Morgan fingerprint density at radius 1 is 1.26 bits per heavy atom. The molecule has 0 aliphatic rings. The molecule has 2 aromatic rings. The molecule has 0 saturated carbocycles. The van der Waals surface area contributed by atoms with Crippen LogP contribution in [0.1, 0.15) is 30.8 Å². The molecule has 6 nitrogen and oxygen atoms in total. The number of aromatic nitrogens is 2. The van der Waals surface area contributed by atoms with Gasteiger partial charge in [0.15, 0.2) is 0 Å². The summed E-state index contributed by atoms with van der Waals surface area (Å²) in [6, 6.07) is 10.5. The van der Waals surface area contributed by atoms with Crippen LogP contribution in [0, 0.1) is 5.92 Å². The number of aromatic amines is 1. The van der Waals surface area contributed by atoms with E-state index in [2.05, 4.69) is 15.5 Å². The quantitative estimate of drug-likeness (QED) is 0.802. The summed E-state index contributed by atoms with van der Waals surface area (Å²) in [5.74, 6) is -0.577. The van der Waals surface area contributed by atoms with Crippen molar-refractivity contribution < 1.29 is 14.3 Å². The van der Waals surface area contributed by atoms with Gasteiger partial charge in [0.2, 0.25) is 0 Å². The van der Waals surface area contributed by atoms with E-state index in [1.165, 1.54) is 7.11 Å². The van der Waals surface area contributed by atoms with Crippen LogP contribution >= 0.6 is 0 Å². The molecule has 1 amide bonds. The van der Waals surface area contributed by atoms with Gasteiger partial charge in [-0.2, -0.15) is 5.10 Å². The first-order valence-corrected chi connectivity index (χ1v) is 7.50. The van der Waals surface area contributed by atoms with E-state index < -0.39 is 12.0 Å². The number of esters is 1. The Labute approximate surface area is 135 Å². The number of amides is 1. The van der Waals surface area contributed by atoms with Crippen LogP contribution in [0.4, 0.5) is 0 Å². The summed E-state index contributed by atoms with van der Waals surface area (Å²) >= 11 is 0. The zero-order valence-electron chi connectivity index (χ0n) is 13.5. The zero-order chi connectivity index (χ0) is 16.8. The van der Waals surface area contributed by atoms with Gasteiger partial charge in [0, 0.05) is 5.56 Å². The highest BCUT2D eigenvalue weighted by molar-refractivity contribution is 5.96. The van der Waals surface area contributed by atoms with Crippen molar-refractivity contribution in [3.05, 3.63) is 42.1 Å². The van der Waals surface area contributed by atoms with Crippen LogP contribution in [0.2, 0.25) is 0 Å². The predicted octanol–water partition coefficient (Wildman–Crippen LogP) is 2.39. The Kier molecular flexibility index (Phi) is 5.51. The molecular formula is C17H21N3O3. The highest BCUT2D eigenvalue weighted by Crippen LogP contribution is 2.17. The molecule has 1 unspecified atom stereocenters. The van der Waals surface area contributed by atoms with E-state index in [-0.39, 0.29) is 11.8 Å². The maximum absolute atomic E-state index is 12.3. The second-order valence-corrected chi connectivity index (χ2v) is 5.71. The molecule has 0 aliphatic carbocycles. The van der Waals surface area contributed by atoms with Crippen molar-refractivity contribution in [1.82, 2.24) is 15.5 Å². The monoisotopic (exact) mass is 315 g/mol. The van der Waals surface area contributed by atoms with Crippen LogP contribution in [-0.4, -0.2) is 35.2 Å². The lowest BCUT2D eigenvalue weighted by Gasteiger charge is -2.17. The van der Waals surface area contributed by atoms with Gasteiger partial charge in [-0.05, 0) is 18.4 Å². The molecule has 1 aromatic heterocycles. The minimum absolute atomic E-state index is 0.251. The number of carbonyl (C=O) groups is 2. The van der Waals surface area contributed by atoms with E-state index in [9.17, 15) is 9.59 Å². The van der Waals surface area contributed by atoms with Gasteiger partial charge < -0.3 is 10.1 Å². The average Bonchev–Trinajstić information content (AvgIpc) is 3.04. The number of H-pyrrole nitrogens is 1. The number of carbonyl (C=O) groups excluding carboxylic acids is 2. The van der Waals surface area contributed by atoms with E-state index in [1.54, 1.807) is 6.07 Å². The summed E-state index contributed by atoms with van der Waals surface area (Å²) in [5.41, 5.74) is 1.89. The molecule has 1 atom stereocenters. The third-order valence-corrected chi connectivity index (χ3v) is 3.39. The molecule has 2 N–H and O–H groups in total. The maximum Gasteiger partial charge on any atom is 0.328 e. The summed E-state index contributed by atoms with van der Waals surface area (Å²) in [4.78, 5) is 24.1. The van der Waals surface area contributed by atoms with Crippen molar-refractivity contribution in [1.29, 1.82) is 0 Å². The van der Waals surface area contributed by atoms with Gasteiger partial charge in [-0.3, -0.25) is 9.89 Å². The minimum Gasteiger partial charge on any atom is -0.467 e. The van der Waals surface area contributed by atoms with Crippen LogP contribution in [0.15, 0.2) is 36.4 Å². The number of rotatable bonds is 6. The SMILES string of the molecule is COC(=O)C(CC(C)C)NC(=O)c1cc(-c2ccccc2)n[nH]1. The average molecular weight is 315 g/mol. The number of hydrogen-bond donors (Lipinski definition) is 2. The fourth-order valence-corrected chi connectivity index (χ4v) is 2.26.